The van der Waals surface area contributed by atoms with Crippen molar-refractivity contribution in [1.82, 2.24) is 25.1 Å². The molecule has 0 spiro atoms. The van der Waals surface area contributed by atoms with Gasteiger partial charge in [-0.25, -0.2) is 0 Å². The number of nitrogens with one attached hydrogen (secondary N) is 1. The molecule has 1 aliphatic rings. The van der Waals surface area contributed by atoms with E-state index in [1.807, 2.05) is 28.0 Å². The molecule has 0 bridgehead atoms. The van der Waals surface area contributed by atoms with E-state index in [-0.39, 0.29) is 5.91 Å². The minimum Gasteiger partial charge on any atom is -0.363 e. The molecule has 8 heteroatoms. The van der Waals surface area contributed by atoms with Crippen LogP contribution in [0.1, 0.15) is 12.6 Å². The van der Waals surface area contributed by atoms with Crippen LogP contribution in [0.3, 0.4) is 0 Å². The summed E-state index contributed by atoms with van der Waals surface area (Å²) in [5.41, 5.74) is 0.933. The summed E-state index contributed by atoms with van der Waals surface area (Å²) in [6.07, 6.45) is 3.35. The molecule has 2 aromatic rings. The van der Waals surface area contributed by atoms with Crippen LogP contribution >= 0.6 is 0 Å². The highest BCUT2D eigenvalue weighted by Gasteiger charge is 2.20. The standard InChI is InChI=1S/C15H19N7O/c1-12(23)21-6-8-22(9-7-21)15-19-14(11-18-20-15)17-10-13-4-2-3-5-16-13/h2-5,11H,6-10H2,1H3,(H,17,19,20). The van der Waals surface area contributed by atoms with E-state index in [4.69, 9.17) is 0 Å². The SMILES string of the molecule is CC(=O)N1CCN(c2nncc(NCc3ccccn3)n2)CC1. The van der Waals surface area contributed by atoms with Crippen molar-refractivity contribution in [2.45, 2.75) is 13.5 Å². The van der Waals surface area contributed by atoms with Gasteiger partial charge >= 0.3 is 0 Å². The molecule has 8 nitrogen and oxygen atoms in total. The van der Waals surface area contributed by atoms with Crippen molar-refractivity contribution >= 4 is 17.7 Å². The molecule has 3 rings (SSSR count). The number of anilines is 2. The van der Waals surface area contributed by atoms with Crippen molar-refractivity contribution in [3.8, 4) is 0 Å². The normalized spacial score (nSPS) is 14.7. The zero-order chi connectivity index (χ0) is 16.1. The predicted molar refractivity (Wildman–Crippen MR) is 85.9 cm³/mol. The van der Waals surface area contributed by atoms with Crippen molar-refractivity contribution in [2.75, 3.05) is 36.4 Å². The fourth-order valence-electron chi connectivity index (χ4n) is 2.42. The highest BCUT2D eigenvalue weighted by atomic mass is 16.2. The fourth-order valence-corrected chi connectivity index (χ4v) is 2.42. The number of carbonyl (C=O) groups is 1. The molecule has 0 unspecified atom stereocenters. The Bertz CT molecular complexity index is 656. The van der Waals surface area contributed by atoms with E-state index in [0.29, 0.717) is 44.5 Å². The Hall–Kier alpha value is -2.77. The van der Waals surface area contributed by atoms with Gasteiger partial charge in [-0.05, 0) is 12.1 Å². The first-order valence-electron chi connectivity index (χ1n) is 7.56. The number of amides is 1. The van der Waals surface area contributed by atoms with Crippen LogP contribution in [0.4, 0.5) is 11.8 Å². The van der Waals surface area contributed by atoms with Gasteiger partial charge in [-0.3, -0.25) is 9.78 Å². The number of piperazine rings is 1. The van der Waals surface area contributed by atoms with E-state index in [0.717, 1.165) is 5.69 Å². The van der Waals surface area contributed by atoms with E-state index in [1.165, 1.54) is 0 Å². The van der Waals surface area contributed by atoms with Crippen LogP contribution in [0.25, 0.3) is 0 Å². The van der Waals surface area contributed by atoms with Crippen LogP contribution in [0.15, 0.2) is 30.6 Å². The highest BCUT2D eigenvalue weighted by Crippen LogP contribution is 2.13. The second kappa shape index (κ2) is 6.99. The average molecular weight is 313 g/mol. The highest BCUT2D eigenvalue weighted by molar-refractivity contribution is 5.73. The topological polar surface area (TPSA) is 87.1 Å². The third-order valence-electron chi connectivity index (χ3n) is 3.73. The minimum absolute atomic E-state index is 0.106. The number of nitrogens with zero attached hydrogens (tertiary/aromatic N) is 6. The lowest BCUT2D eigenvalue weighted by molar-refractivity contribution is -0.129. The van der Waals surface area contributed by atoms with Crippen molar-refractivity contribution < 1.29 is 4.79 Å². The largest absolute Gasteiger partial charge is 0.363 e. The summed E-state index contributed by atoms with van der Waals surface area (Å²) < 4.78 is 0. The summed E-state index contributed by atoms with van der Waals surface area (Å²) in [5, 5.41) is 11.3. The smallest absolute Gasteiger partial charge is 0.247 e. The Morgan fingerprint density at radius 2 is 2.09 bits per heavy atom. The summed E-state index contributed by atoms with van der Waals surface area (Å²) in [4.78, 5) is 24.0. The van der Waals surface area contributed by atoms with Gasteiger partial charge < -0.3 is 15.1 Å². The van der Waals surface area contributed by atoms with E-state index < -0.39 is 0 Å². The number of aromatic nitrogens is 4. The summed E-state index contributed by atoms with van der Waals surface area (Å²) in [7, 11) is 0. The summed E-state index contributed by atoms with van der Waals surface area (Å²) in [6.45, 7) is 4.97. The van der Waals surface area contributed by atoms with Crippen LogP contribution in [-0.4, -0.2) is 57.2 Å². The Labute approximate surface area is 134 Å². The molecule has 1 aliphatic heterocycles. The van der Waals surface area contributed by atoms with Gasteiger partial charge in [-0.1, -0.05) is 6.07 Å². The lowest BCUT2D eigenvalue weighted by atomic mass is 10.3. The molecule has 0 radical (unpaired) electrons. The quantitative estimate of drug-likeness (QED) is 0.882. The summed E-state index contributed by atoms with van der Waals surface area (Å²) >= 11 is 0. The molecule has 1 fully saturated rings. The maximum Gasteiger partial charge on any atom is 0.247 e. The van der Waals surface area contributed by atoms with Gasteiger partial charge in [0.25, 0.3) is 0 Å². The molecule has 0 saturated carbocycles. The van der Waals surface area contributed by atoms with E-state index in [9.17, 15) is 4.79 Å². The van der Waals surface area contributed by atoms with Crippen molar-refractivity contribution in [1.29, 1.82) is 0 Å². The van der Waals surface area contributed by atoms with Crippen molar-refractivity contribution in [3.63, 3.8) is 0 Å². The second-order valence-corrected chi connectivity index (χ2v) is 5.31. The zero-order valence-electron chi connectivity index (χ0n) is 13.0. The lowest BCUT2D eigenvalue weighted by Crippen LogP contribution is -2.48. The third-order valence-corrected chi connectivity index (χ3v) is 3.73. The van der Waals surface area contributed by atoms with Gasteiger partial charge in [0.2, 0.25) is 11.9 Å². The van der Waals surface area contributed by atoms with Gasteiger partial charge in [-0.15, -0.1) is 5.10 Å². The van der Waals surface area contributed by atoms with Crippen LogP contribution in [0, 0.1) is 0 Å². The van der Waals surface area contributed by atoms with E-state index >= 15 is 0 Å². The number of carbonyl (C=O) groups excluding carboxylic acids is 1. The maximum absolute atomic E-state index is 11.4. The minimum atomic E-state index is 0.106. The molecule has 23 heavy (non-hydrogen) atoms. The molecular formula is C15H19N7O. The van der Waals surface area contributed by atoms with Crippen molar-refractivity contribution in [3.05, 3.63) is 36.3 Å². The van der Waals surface area contributed by atoms with Gasteiger partial charge in [0.1, 0.15) is 0 Å². The molecule has 2 aromatic heterocycles. The molecule has 1 N–H and O–H groups in total. The first-order chi connectivity index (χ1) is 11.2. The Morgan fingerprint density at radius 3 is 2.78 bits per heavy atom. The fraction of sp³-hybridized carbons (Fsp3) is 0.400. The maximum atomic E-state index is 11.4. The molecule has 3 heterocycles. The Morgan fingerprint density at radius 1 is 1.26 bits per heavy atom. The average Bonchev–Trinajstić information content (AvgIpc) is 2.61. The van der Waals surface area contributed by atoms with Gasteiger partial charge in [0.15, 0.2) is 5.82 Å². The first-order valence-corrected chi connectivity index (χ1v) is 7.56. The lowest BCUT2D eigenvalue weighted by Gasteiger charge is -2.33. The Balaban J connectivity index is 1.60. The molecule has 0 aliphatic carbocycles. The van der Waals surface area contributed by atoms with Gasteiger partial charge in [0.05, 0.1) is 18.4 Å². The molecule has 1 saturated heterocycles. The van der Waals surface area contributed by atoms with Crippen LogP contribution in [0.2, 0.25) is 0 Å². The monoisotopic (exact) mass is 313 g/mol. The van der Waals surface area contributed by atoms with Gasteiger partial charge in [-0.2, -0.15) is 10.1 Å². The predicted octanol–water partition coefficient (Wildman–Crippen LogP) is 0.547. The summed E-state index contributed by atoms with van der Waals surface area (Å²) in [6, 6.07) is 5.78. The van der Waals surface area contributed by atoms with Crippen LogP contribution < -0.4 is 10.2 Å². The number of hydrogen-bond acceptors (Lipinski definition) is 7. The number of hydrogen-bond donors (Lipinski definition) is 1. The zero-order valence-corrected chi connectivity index (χ0v) is 13.0. The molecular weight excluding hydrogens is 294 g/mol. The van der Waals surface area contributed by atoms with Crippen LogP contribution in [0.5, 0.6) is 0 Å². The molecule has 0 atom stereocenters. The third kappa shape index (κ3) is 3.91. The molecule has 1 amide bonds. The van der Waals surface area contributed by atoms with Crippen molar-refractivity contribution in [2.24, 2.45) is 0 Å². The first kappa shape index (κ1) is 15.1. The van der Waals surface area contributed by atoms with Crippen LogP contribution in [-0.2, 0) is 11.3 Å². The molecule has 0 aromatic carbocycles. The van der Waals surface area contributed by atoms with Gasteiger partial charge in [0, 0.05) is 39.3 Å². The second-order valence-electron chi connectivity index (χ2n) is 5.31. The molecule has 120 valence electrons. The van der Waals surface area contributed by atoms with E-state index in [1.54, 1.807) is 19.3 Å². The number of pyridine rings is 1. The van der Waals surface area contributed by atoms with E-state index in [2.05, 4.69) is 25.5 Å². The summed E-state index contributed by atoms with van der Waals surface area (Å²) in [5.74, 6) is 1.35. The Kier molecular flexibility index (Phi) is 4.60. The number of rotatable bonds is 4.